The van der Waals surface area contributed by atoms with Gasteiger partial charge < -0.3 is 10.1 Å². The van der Waals surface area contributed by atoms with Crippen molar-refractivity contribution in [2.24, 2.45) is 0 Å². The minimum absolute atomic E-state index is 0.00438. The Bertz CT molecular complexity index is 259. The van der Waals surface area contributed by atoms with Gasteiger partial charge in [0.2, 0.25) is 0 Å². The van der Waals surface area contributed by atoms with Crippen LogP contribution < -0.4 is 5.32 Å². The third-order valence-corrected chi connectivity index (χ3v) is 2.54. The highest BCUT2D eigenvalue weighted by Crippen LogP contribution is 2.23. The van der Waals surface area contributed by atoms with Crippen molar-refractivity contribution in [2.45, 2.75) is 51.5 Å². The lowest BCUT2D eigenvalue weighted by Crippen LogP contribution is -2.38. The van der Waals surface area contributed by atoms with Gasteiger partial charge in [-0.1, -0.05) is 12.5 Å². The average Bonchev–Trinajstić information content (AvgIpc) is 2.31. The van der Waals surface area contributed by atoms with E-state index in [0.717, 1.165) is 25.0 Å². The summed E-state index contributed by atoms with van der Waals surface area (Å²) in [5.41, 5.74) is 0.987. The number of halogens is 4. The van der Waals surface area contributed by atoms with Gasteiger partial charge in [0.05, 0.1) is 6.61 Å². The van der Waals surface area contributed by atoms with Gasteiger partial charge in [0.25, 0.3) is 0 Å². The molecule has 0 aromatic heterocycles. The van der Waals surface area contributed by atoms with Crippen LogP contribution in [-0.2, 0) is 4.74 Å². The fourth-order valence-electron chi connectivity index (χ4n) is 1.41. The fraction of sp³-hybridized carbons (Fsp3) is 0.846. The normalized spacial score (nSPS) is 13.8. The van der Waals surface area contributed by atoms with Crippen molar-refractivity contribution in [1.29, 1.82) is 0 Å². The summed E-state index contributed by atoms with van der Waals surface area (Å²) < 4.78 is 53.9. The molecule has 0 amide bonds. The molecule has 0 aliphatic rings. The van der Waals surface area contributed by atoms with Gasteiger partial charge >= 0.3 is 12.3 Å². The standard InChI is InChI=1S/C13H23F4NO/c1-4-7-18-11(6-5-10(2)3)8-19-9-13(16,17)12(14)15/h11-12,18H,2,4-9H2,1,3H3. The topological polar surface area (TPSA) is 21.3 Å². The molecule has 6 heteroatoms. The van der Waals surface area contributed by atoms with Gasteiger partial charge in [0.1, 0.15) is 6.61 Å². The van der Waals surface area contributed by atoms with Gasteiger partial charge in [-0.15, -0.1) is 6.58 Å². The molecule has 0 bridgehead atoms. The maximum atomic E-state index is 12.7. The lowest BCUT2D eigenvalue weighted by atomic mass is 10.1. The summed E-state index contributed by atoms with van der Waals surface area (Å²) in [7, 11) is 0. The van der Waals surface area contributed by atoms with Crippen LogP contribution in [0.1, 0.15) is 33.1 Å². The Morgan fingerprint density at radius 3 is 2.47 bits per heavy atom. The molecular weight excluding hydrogens is 262 g/mol. The van der Waals surface area contributed by atoms with E-state index in [2.05, 4.69) is 11.9 Å². The van der Waals surface area contributed by atoms with E-state index in [1.807, 2.05) is 13.8 Å². The van der Waals surface area contributed by atoms with Gasteiger partial charge in [-0.2, -0.15) is 8.78 Å². The third kappa shape index (κ3) is 8.99. The molecule has 0 saturated carbocycles. The first-order chi connectivity index (χ1) is 8.79. The first-order valence-electron chi connectivity index (χ1n) is 6.41. The van der Waals surface area contributed by atoms with Gasteiger partial charge in [0, 0.05) is 6.04 Å². The van der Waals surface area contributed by atoms with Crippen LogP contribution in [0.3, 0.4) is 0 Å². The van der Waals surface area contributed by atoms with Crippen molar-refractivity contribution < 1.29 is 22.3 Å². The van der Waals surface area contributed by atoms with E-state index in [9.17, 15) is 17.6 Å². The predicted octanol–water partition coefficient (Wildman–Crippen LogP) is 3.63. The number of allylic oxidation sites excluding steroid dienone is 1. The highest BCUT2D eigenvalue weighted by Gasteiger charge is 2.41. The smallest absolute Gasteiger partial charge is 0.330 e. The summed E-state index contributed by atoms with van der Waals surface area (Å²) in [6.07, 6.45) is -1.35. The second-order valence-corrected chi connectivity index (χ2v) is 4.72. The number of rotatable bonds is 11. The van der Waals surface area contributed by atoms with Crippen molar-refractivity contribution in [3.8, 4) is 0 Å². The summed E-state index contributed by atoms with van der Waals surface area (Å²) in [5, 5.41) is 3.14. The monoisotopic (exact) mass is 285 g/mol. The van der Waals surface area contributed by atoms with Gasteiger partial charge in [-0.3, -0.25) is 0 Å². The summed E-state index contributed by atoms with van der Waals surface area (Å²) in [6, 6.07) is -0.120. The van der Waals surface area contributed by atoms with Gasteiger partial charge in [-0.25, -0.2) is 8.78 Å². The molecule has 1 unspecified atom stereocenters. The quantitative estimate of drug-likeness (QED) is 0.462. The van der Waals surface area contributed by atoms with Gasteiger partial charge in [-0.05, 0) is 32.7 Å². The highest BCUT2D eigenvalue weighted by atomic mass is 19.3. The molecule has 0 rings (SSSR count). The Labute approximate surface area is 112 Å². The van der Waals surface area contributed by atoms with Crippen LogP contribution in [-0.4, -0.2) is 38.1 Å². The molecule has 1 atom stereocenters. The van der Waals surface area contributed by atoms with Crippen molar-refractivity contribution in [3.05, 3.63) is 12.2 Å². The molecule has 0 spiro atoms. The van der Waals surface area contributed by atoms with Crippen molar-refractivity contribution in [2.75, 3.05) is 19.8 Å². The number of hydrogen-bond acceptors (Lipinski definition) is 2. The van der Waals surface area contributed by atoms with Crippen LogP contribution in [0.4, 0.5) is 17.6 Å². The lowest BCUT2D eigenvalue weighted by Gasteiger charge is -2.21. The number of hydrogen-bond donors (Lipinski definition) is 1. The maximum Gasteiger partial charge on any atom is 0.330 e. The molecule has 0 heterocycles. The van der Waals surface area contributed by atoms with Crippen LogP contribution in [0.5, 0.6) is 0 Å². The summed E-state index contributed by atoms with van der Waals surface area (Å²) >= 11 is 0. The second-order valence-electron chi connectivity index (χ2n) is 4.72. The number of nitrogens with one attached hydrogen (secondary N) is 1. The fourth-order valence-corrected chi connectivity index (χ4v) is 1.41. The van der Waals surface area contributed by atoms with E-state index >= 15 is 0 Å². The van der Waals surface area contributed by atoms with Crippen LogP contribution >= 0.6 is 0 Å². The minimum atomic E-state index is -4.08. The molecule has 114 valence electrons. The Morgan fingerprint density at radius 2 is 2.00 bits per heavy atom. The molecule has 0 aromatic carbocycles. The zero-order valence-electron chi connectivity index (χ0n) is 11.5. The molecule has 2 nitrogen and oxygen atoms in total. The molecule has 0 aromatic rings. The van der Waals surface area contributed by atoms with Crippen molar-refractivity contribution in [1.82, 2.24) is 5.32 Å². The summed E-state index contributed by atoms with van der Waals surface area (Å²) in [6.45, 7) is 7.10. The minimum Gasteiger partial charge on any atom is -0.373 e. The first-order valence-corrected chi connectivity index (χ1v) is 6.41. The SMILES string of the molecule is C=C(C)CCC(COCC(F)(F)C(F)F)NCCC. The van der Waals surface area contributed by atoms with E-state index < -0.39 is 19.0 Å². The highest BCUT2D eigenvalue weighted by molar-refractivity contribution is 4.89. The molecule has 0 fully saturated rings. The lowest BCUT2D eigenvalue weighted by molar-refractivity contribution is -0.167. The first kappa shape index (κ1) is 18.4. The van der Waals surface area contributed by atoms with E-state index in [1.165, 1.54) is 0 Å². The third-order valence-electron chi connectivity index (χ3n) is 2.54. The van der Waals surface area contributed by atoms with E-state index in [0.29, 0.717) is 6.42 Å². The van der Waals surface area contributed by atoms with Gasteiger partial charge in [0.15, 0.2) is 0 Å². The van der Waals surface area contributed by atoms with Crippen LogP contribution in [0.25, 0.3) is 0 Å². The van der Waals surface area contributed by atoms with E-state index in [4.69, 9.17) is 4.74 Å². The van der Waals surface area contributed by atoms with Crippen LogP contribution in [0.15, 0.2) is 12.2 Å². The van der Waals surface area contributed by atoms with E-state index in [-0.39, 0.29) is 12.6 Å². The summed E-state index contributed by atoms with van der Waals surface area (Å²) in [5.74, 6) is -4.08. The predicted molar refractivity (Wildman–Crippen MR) is 67.9 cm³/mol. The van der Waals surface area contributed by atoms with E-state index in [1.54, 1.807) is 0 Å². The second kappa shape index (κ2) is 9.31. The largest absolute Gasteiger partial charge is 0.373 e. The molecule has 0 aliphatic carbocycles. The Morgan fingerprint density at radius 1 is 1.37 bits per heavy atom. The molecular formula is C13H23F4NO. The molecule has 1 N–H and O–H groups in total. The molecule has 19 heavy (non-hydrogen) atoms. The Hall–Kier alpha value is -0.620. The van der Waals surface area contributed by atoms with Crippen LogP contribution in [0.2, 0.25) is 0 Å². The average molecular weight is 285 g/mol. The Kier molecular flexibility index (Phi) is 9.01. The molecule has 0 aliphatic heterocycles. The zero-order valence-corrected chi connectivity index (χ0v) is 11.5. The Balaban J connectivity index is 4.06. The van der Waals surface area contributed by atoms with Crippen molar-refractivity contribution in [3.63, 3.8) is 0 Å². The molecule has 0 saturated heterocycles. The molecule has 0 radical (unpaired) electrons. The summed E-state index contributed by atoms with van der Waals surface area (Å²) in [4.78, 5) is 0. The number of ether oxygens (including phenoxy) is 1. The zero-order chi connectivity index (χ0) is 14.9. The maximum absolute atomic E-state index is 12.7. The van der Waals surface area contributed by atoms with Crippen LogP contribution in [0, 0.1) is 0 Å². The number of alkyl halides is 4. The van der Waals surface area contributed by atoms with Crippen molar-refractivity contribution >= 4 is 0 Å².